The van der Waals surface area contributed by atoms with Crippen LogP contribution in [0.25, 0.3) is 0 Å². The number of hydrogen-bond donors (Lipinski definition) is 2. The van der Waals surface area contributed by atoms with Crippen molar-refractivity contribution >= 4 is 5.97 Å². The third kappa shape index (κ3) is 3.37. The Kier molecular flexibility index (Phi) is 4.43. The zero-order chi connectivity index (χ0) is 14.7. The Labute approximate surface area is 124 Å². The standard InChI is InChI=1S/C15H23N3O3/c19-15(20)14-13(21-12-4-2-1-3-5-12)9-17-18(14)10-11-6-7-16-8-11/h9,11-12,16H,1-8,10H2,(H,19,20). The van der Waals surface area contributed by atoms with Crippen LogP contribution in [0, 0.1) is 5.92 Å². The van der Waals surface area contributed by atoms with Gasteiger partial charge in [0.2, 0.25) is 0 Å². The van der Waals surface area contributed by atoms with Crippen LogP contribution in [0.5, 0.6) is 5.75 Å². The van der Waals surface area contributed by atoms with E-state index in [1.807, 2.05) is 0 Å². The molecule has 1 aliphatic carbocycles. The first-order chi connectivity index (χ1) is 10.2. The predicted octanol–water partition coefficient (Wildman–Crippen LogP) is 1.90. The lowest BCUT2D eigenvalue weighted by molar-refractivity contribution is 0.0670. The Morgan fingerprint density at radius 1 is 1.38 bits per heavy atom. The maximum Gasteiger partial charge on any atom is 0.358 e. The van der Waals surface area contributed by atoms with Crippen molar-refractivity contribution in [2.24, 2.45) is 5.92 Å². The van der Waals surface area contributed by atoms with Crippen LogP contribution in [-0.2, 0) is 6.54 Å². The number of aromatic carboxylic acids is 1. The lowest BCUT2D eigenvalue weighted by atomic mass is 9.98. The first-order valence-electron chi connectivity index (χ1n) is 7.90. The first-order valence-corrected chi connectivity index (χ1v) is 7.90. The summed E-state index contributed by atoms with van der Waals surface area (Å²) in [5, 5.41) is 17.0. The number of aromatic nitrogens is 2. The number of carboxylic acid groups (broad SMARTS) is 1. The third-order valence-electron chi connectivity index (χ3n) is 4.45. The fraction of sp³-hybridized carbons (Fsp3) is 0.733. The van der Waals surface area contributed by atoms with Gasteiger partial charge in [0.15, 0.2) is 11.4 Å². The monoisotopic (exact) mass is 293 g/mol. The zero-order valence-electron chi connectivity index (χ0n) is 12.3. The fourth-order valence-corrected chi connectivity index (χ4v) is 3.29. The number of rotatable bonds is 5. The molecule has 1 unspecified atom stereocenters. The van der Waals surface area contributed by atoms with E-state index in [0.29, 0.717) is 18.2 Å². The second-order valence-electron chi connectivity index (χ2n) is 6.08. The van der Waals surface area contributed by atoms with Crippen LogP contribution in [-0.4, -0.2) is 40.0 Å². The van der Waals surface area contributed by atoms with Gasteiger partial charge in [0.25, 0.3) is 0 Å². The van der Waals surface area contributed by atoms with Gasteiger partial charge in [0.1, 0.15) is 0 Å². The quantitative estimate of drug-likeness (QED) is 0.867. The highest BCUT2D eigenvalue weighted by atomic mass is 16.5. The van der Waals surface area contributed by atoms with Gasteiger partial charge < -0.3 is 15.2 Å². The van der Waals surface area contributed by atoms with E-state index in [4.69, 9.17) is 4.74 Å². The molecule has 1 aromatic heterocycles. The molecule has 0 spiro atoms. The lowest BCUT2D eigenvalue weighted by Crippen LogP contribution is -2.22. The Morgan fingerprint density at radius 3 is 2.86 bits per heavy atom. The molecule has 2 N–H and O–H groups in total. The number of nitrogens with zero attached hydrogens (tertiary/aromatic N) is 2. The van der Waals surface area contributed by atoms with Crippen LogP contribution in [0.1, 0.15) is 49.0 Å². The van der Waals surface area contributed by atoms with E-state index in [1.165, 1.54) is 6.42 Å². The molecule has 21 heavy (non-hydrogen) atoms. The molecule has 6 heteroatoms. The van der Waals surface area contributed by atoms with Crippen LogP contribution >= 0.6 is 0 Å². The van der Waals surface area contributed by atoms with E-state index >= 15 is 0 Å². The molecule has 116 valence electrons. The van der Waals surface area contributed by atoms with Gasteiger partial charge in [-0.2, -0.15) is 5.10 Å². The largest absolute Gasteiger partial charge is 0.486 e. The van der Waals surface area contributed by atoms with Gasteiger partial charge in [-0.3, -0.25) is 4.68 Å². The number of nitrogens with one attached hydrogen (secondary N) is 1. The molecule has 6 nitrogen and oxygen atoms in total. The topological polar surface area (TPSA) is 76.4 Å². The summed E-state index contributed by atoms with van der Waals surface area (Å²) in [6.07, 6.45) is 8.37. The Bertz CT molecular complexity index is 488. The maximum atomic E-state index is 11.6. The van der Waals surface area contributed by atoms with Crippen molar-refractivity contribution in [1.82, 2.24) is 15.1 Å². The predicted molar refractivity (Wildman–Crippen MR) is 77.7 cm³/mol. The molecule has 2 aliphatic rings. The summed E-state index contributed by atoms with van der Waals surface area (Å²) in [5.74, 6) is -0.0739. The van der Waals surface area contributed by atoms with Gasteiger partial charge in [-0.25, -0.2) is 4.79 Å². The van der Waals surface area contributed by atoms with Crippen molar-refractivity contribution in [1.29, 1.82) is 0 Å². The smallest absolute Gasteiger partial charge is 0.358 e. The summed E-state index contributed by atoms with van der Waals surface area (Å²) in [5.41, 5.74) is 0.201. The summed E-state index contributed by atoms with van der Waals surface area (Å²) in [6, 6.07) is 0. The summed E-state index contributed by atoms with van der Waals surface area (Å²) >= 11 is 0. The fourth-order valence-electron chi connectivity index (χ4n) is 3.29. The summed E-state index contributed by atoms with van der Waals surface area (Å²) in [6.45, 7) is 2.57. The second kappa shape index (κ2) is 6.47. The Morgan fingerprint density at radius 2 is 2.19 bits per heavy atom. The van der Waals surface area contributed by atoms with E-state index in [2.05, 4.69) is 10.4 Å². The van der Waals surface area contributed by atoms with Crippen molar-refractivity contribution in [3.05, 3.63) is 11.9 Å². The molecule has 1 saturated heterocycles. The van der Waals surface area contributed by atoms with Crippen LogP contribution < -0.4 is 10.1 Å². The molecule has 0 bridgehead atoms. The molecule has 0 aromatic carbocycles. The summed E-state index contributed by atoms with van der Waals surface area (Å²) in [4.78, 5) is 11.6. The van der Waals surface area contributed by atoms with E-state index in [-0.39, 0.29) is 11.8 Å². The van der Waals surface area contributed by atoms with E-state index in [9.17, 15) is 9.90 Å². The average molecular weight is 293 g/mol. The van der Waals surface area contributed by atoms with Crippen molar-refractivity contribution in [2.75, 3.05) is 13.1 Å². The molecule has 3 rings (SSSR count). The molecule has 1 aliphatic heterocycles. The molecule has 2 fully saturated rings. The van der Waals surface area contributed by atoms with Gasteiger partial charge in [-0.15, -0.1) is 0 Å². The van der Waals surface area contributed by atoms with Crippen LogP contribution in [0.15, 0.2) is 6.20 Å². The van der Waals surface area contributed by atoms with Gasteiger partial charge >= 0.3 is 5.97 Å². The Balaban J connectivity index is 1.73. The molecular formula is C15H23N3O3. The van der Waals surface area contributed by atoms with E-state index in [1.54, 1.807) is 10.9 Å². The zero-order valence-corrected chi connectivity index (χ0v) is 12.3. The van der Waals surface area contributed by atoms with Crippen molar-refractivity contribution in [3.8, 4) is 5.75 Å². The molecule has 1 saturated carbocycles. The highest BCUT2D eigenvalue weighted by molar-refractivity contribution is 5.88. The number of carbonyl (C=O) groups is 1. The van der Waals surface area contributed by atoms with E-state index in [0.717, 1.165) is 45.2 Å². The average Bonchev–Trinajstić information content (AvgIpc) is 3.11. The molecule has 0 amide bonds. The van der Waals surface area contributed by atoms with Gasteiger partial charge in [0.05, 0.1) is 12.3 Å². The lowest BCUT2D eigenvalue weighted by Gasteiger charge is -2.22. The van der Waals surface area contributed by atoms with Gasteiger partial charge in [-0.1, -0.05) is 6.42 Å². The highest BCUT2D eigenvalue weighted by Gasteiger charge is 2.25. The molecule has 0 radical (unpaired) electrons. The molecule has 2 heterocycles. The molecular weight excluding hydrogens is 270 g/mol. The normalized spacial score (nSPS) is 23.3. The van der Waals surface area contributed by atoms with Gasteiger partial charge in [-0.05, 0) is 51.1 Å². The van der Waals surface area contributed by atoms with Gasteiger partial charge in [0, 0.05) is 6.54 Å². The minimum Gasteiger partial charge on any atom is -0.486 e. The Hall–Kier alpha value is -1.56. The maximum absolute atomic E-state index is 11.6. The van der Waals surface area contributed by atoms with Crippen LogP contribution in [0.4, 0.5) is 0 Å². The van der Waals surface area contributed by atoms with Crippen molar-refractivity contribution < 1.29 is 14.6 Å². The highest BCUT2D eigenvalue weighted by Crippen LogP contribution is 2.26. The number of ether oxygens (including phenoxy) is 1. The molecule has 1 atom stereocenters. The second-order valence-corrected chi connectivity index (χ2v) is 6.08. The van der Waals surface area contributed by atoms with Crippen LogP contribution in [0.2, 0.25) is 0 Å². The minimum absolute atomic E-state index is 0.141. The van der Waals surface area contributed by atoms with Crippen molar-refractivity contribution in [3.63, 3.8) is 0 Å². The molecule has 1 aromatic rings. The SMILES string of the molecule is O=C(O)c1c(OC2CCCCC2)cnn1CC1CCNC1. The summed E-state index contributed by atoms with van der Waals surface area (Å²) in [7, 11) is 0. The first kappa shape index (κ1) is 14.4. The minimum atomic E-state index is -0.954. The van der Waals surface area contributed by atoms with E-state index < -0.39 is 5.97 Å². The van der Waals surface area contributed by atoms with Crippen molar-refractivity contribution in [2.45, 2.75) is 51.2 Å². The third-order valence-corrected chi connectivity index (χ3v) is 4.45. The van der Waals surface area contributed by atoms with Crippen LogP contribution in [0.3, 0.4) is 0 Å². The number of hydrogen-bond acceptors (Lipinski definition) is 4. The number of carboxylic acids is 1. The summed E-state index contributed by atoms with van der Waals surface area (Å²) < 4.78 is 7.51.